The molecule has 1 N–H and O–H groups in total. The average Bonchev–Trinajstić information content (AvgIpc) is 2.68. The summed E-state index contributed by atoms with van der Waals surface area (Å²) in [6, 6.07) is 17.2. The van der Waals surface area contributed by atoms with Gasteiger partial charge in [0.15, 0.2) is 0 Å². The Bertz CT molecular complexity index is 755. The van der Waals surface area contributed by atoms with Crippen LogP contribution in [0.25, 0.3) is 0 Å². The fourth-order valence-electron chi connectivity index (χ4n) is 3.16. The lowest BCUT2D eigenvalue weighted by molar-refractivity contribution is -0.117. The molecule has 0 heterocycles. The van der Waals surface area contributed by atoms with Gasteiger partial charge in [-0.1, -0.05) is 50.2 Å². The van der Waals surface area contributed by atoms with Crippen LogP contribution >= 0.6 is 0 Å². The van der Waals surface area contributed by atoms with Gasteiger partial charge in [0.1, 0.15) is 0 Å². The number of carbonyl (C=O) groups excluding carboxylic acids is 2. The quantitative estimate of drug-likeness (QED) is 0.676. The lowest BCUT2D eigenvalue weighted by atomic mass is 10.1. The smallest absolute Gasteiger partial charge is 0.253 e. The molecule has 0 bridgehead atoms. The molecule has 5 heteroatoms. The molecule has 2 aromatic carbocycles. The number of likely N-dealkylation sites (N-methyl/N-ethyl adjacent to an activating group) is 1. The standard InChI is InChI=1S/C23H31N3O2/c1-4-14-26(15-5-2)23(28)20-12-9-13-21(16-20)24-22(27)18-25(3)17-19-10-7-6-8-11-19/h6-13,16H,4-5,14-15,17-18H2,1-3H3,(H,24,27). The molecule has 2 amide bonds. The first-order valence-electron chi connectivity index (χ1n) is 9.95. The van der Waals surface area contributed by atoms with E-state index in [0.717, 1.165) is 31.5 Å². The summed E-state index contributed by atoms with van der Waals surface area (Å²) in [5, 5.41) is 2.91. The molecule has 0 saturated heterocycles. The molecule has 0 aliphatic heterocycles. The average molecular weight is 382 g/mol. The van der Waals surface area contributed by atoms with E-state index < -0.39 is 0 Å². The van der Waals surface area contributed by atoms with Gasteiger partial charge >= 0.3 is 0 Å². The Morgan fingerprint density at radius 2 is 1.61 bits per heavy atom. The van der Waals surface area contributed by atoms with E-state index in [1.807, 2.05) is 59.3 Å². The summed E-state index contributed by atoms with van der Waals surface area (Å²) in [7, 11) is 1.92. The zero-order valence-corrected chi connectivity index (χ0v) is 17.1. The molecule has 0 unspecified atom stereocenters. The summed E-state index contributed by atoms with van der Waals surface area (Å²) in [4.78, 5) is 29.0. The first-order chi connectivity index (χ1) is 13.5. The predicted octanol–water partition coefficient (Wildman–Crippen LogP) is 4.02. The molecule has 2 rings (SSSR count). The zero-order valence-electron chi connectivity index (χ0n) is 17.1. The van der Waals surface area contributed by atoms with Crippen molar-refractivity contribution < 1.29 is 9.59 Å². The Balaban J connectivity index is 1.95. The molecule has 28 heavy (non-hydrogen) atoms. The van der Waals surface area contributed by atoms with Gasteiger partial charge in [0.05, 0.1) is 6.54 Å². The number of hydrogen-bond donors (Lipinski definition) is 1. The second kappa shape index (κ2) is 11.2. The van der Waals surface area contributed by atoms with E-state index in [-0.39, 0.29) is 18.4 Å². The van der Waals surface area contributed by atoms with Crippen LogP contribution in [0.4, 0.5) is 5.69 Å². The second-order valence-corrected chi connectivity index (χ2v) is 7.08. The molecule has 0 aliphatic rings. The third-order valence-corrected chi connectivity index (χ3v) is 4.38. The third kappa shape index (κ3) is 6.82. The molecular formula is C23H31N3O2. The van der Waals surface area contributed by atoms with Crippen LogP contribution in [0.2, 0.25) is 0 Å². The number of amides is 2. The van der Waals surface area contributed by atoms with E-state index in [0.29, 0.717) is 17.8 Å². The number of nitrogens with zero attached hydrogens (tertiary/aromatic N) is 2. The maximum absolute atomic E-state index is 12.7. The van der Waals surface area contributed by atoms with Gasteiger partial charge < -0.3 is 10.2 Å². The number of hydrogen-bond acceptors (Lipinski definition) is 3. The van der Waals surface area contributed by atoms with Crippen LogP contribution in [0.3, 0.4) is 0 Å². The lowest BCUT2D eigenvalue weighted by Crippen LogP contribution is -2.32. The zero-order chi connectivity index (χ0) is 20.4. The van der Waals surface area contributed by atoms with Crippen molar-refractivity contribution in [1.82, 2.24) is 9.80 Å². The molecule has 0 aliphatic carbocycles. The van der Waals surface area contributed by atoms with Crippen LogP contribution in [0, 0.1) is 0 Å². The van der Waals surface area contributed by atoms with Gasteiger partial charge in [-0.2, -0.15) is 0 Å². The molecule has 0 spiro atoms. The van der Waals surface area contributed by atoms with E-state index in [9.17, 15) is 9.59 Å². The van der Waals surface area contributed by atoms with Crippen molar-refractivity contribution in [2.75, 3.05) is 32.0 Å². The van der Waals surface area contributed by atoms with Crippen molar-refractivity contribution in [3.63, 3.8) is 0 Å². The van der Waals surface area contributed by atoms with Crippen molar-refractivity contribution in [2.45, 2.75) is 33.2 Å². The minimum Gasteiger partial charge on any atom is -0.339 e. The van der Waals surface area contributed by atoms with Gasteiger partial charge in [-0.05, 0) is 43.7 Å². The predicted molar refractivity (Wildman–Crippen MR) is 114 cm³/mol. The number of nitrogens with one attached hydrogen (secondary N) is 1. The highest BCUT2D eigenvalue weighted by molar-refractivity contribution is 5.97. The Morgan fingerprint density at radius 3 is 2.25 bits per heavy atom. The Morgan fingerprint density at radius 1 is 0.929 bits per heavy atom. The summed E-state index contributed by atoms with van der Waals surface area (Å²) in [5.74, 6) is -0.0806. The number of carbonyl (C=O) groups is 2. The number of anilines is 1. The first kappa shape index (κ1) is 21.6. The Kier molecular flexibility index (Phi) is 8.69. The maximum Gasteiger partial charge on any atom is 0.253 e. The SMILES string of the molecule is CCCN(CCC)C(=O)c1cccc(NC(=O)CN(C)Cc2ccccc2)c1. The van der Waals surface area contributed by atoms with Gasteiger partial charge in [-0.15, -0.1) is 0 Å². The normalized spacial score (nSPS) is 10.7. The van der Waals surface area contributed by atoms with Crippen molar-refractivity contribution in [2.24, 2.45) is 0 Å². The van der Waals surface area contributed by atoms with Crippen LogP contribution < -0.4 is 5.32 Å². The Labute approximate surface area is 168 Å². The van der Waals surface area contributed by atoms with E-state index in [1.54, 1.807) is 12.1 Å². The molecule has 0 aromatic heterocycles. The van der Waals surface area contributed by atoms with E-state index >= 15 is 0 Å². The topological polar surface area (TPSA) is 52.7 Å². The maximum atomic E-state index is 12.7. The molecule has 5 nitrogen and oxygen atoms in total. The summed E-state index contributed by atoms with van der Waals surface area (Å²) < 4.78 is 0. The largest absolute Gasteiger partial charge is 0.339 e. The summed E-state index contributed by atoms with van der Waals surface area (Å²) >= 11 is 0. The fourth-order valence-corrected chi connectivity index (χ4v) is 3.16. The van der Waals surface area contributed by atoms with E-state index in [4.69, 9.17) is 0 Å². The minimum atomic E-state index is -0.0954. The molecule has 150 valence electrons. The molecular weight excluding hydrogens is 350 g/mol. The van der Waals surface area contributed by atoms with Crippen molar-refractivity contribution >= 4 is 17.5 Å². The molecule has 0 saturated carbocycles. The van der Waals surface area contributed by atoms with Crippen molar-refractivity contribution in [3.05, 3.63) is 65.7 Å². The van der Waals surface area contributed by atoms with Crippen LogP contribution in [0.1, 0.15) is 42.6 Å². The monoisotopic (exact) mass is 381 g/mol. The van der Waals surface area contributed by atoms with Gasteiger partial charge in [0.25, 0.3) is 5.91 Å². The first-order valence-corrected chi connectivity index (χ1v) is 9.95. The number of benzene rings is 2. The number of rotatable bonds is 10. The van der Waals surface area contributed by atoms with Crippen LogP contribution in [0.15, 0.2) is 54.6 Å². The van der Waals surface area contributed by atoms with Gasteiger partial charge in [-0.25, -0.2) is 0 Å². The van der Waals surface area contributed by atoms with Crippen LogP contribution in [-0.4, -0.2) is 48.3 Å². The molecule has 2 aromatic rings. The molecule has 0 atom stereocenters. The Hall–Kier alpha value is -2.66. The molecule has 0 fully saturated rings. The fraction of sp³-hybridized carbons (Fsp3) is 0.391. The van der Waals surface area contributed by atoms with Crippen molar-refractivity contribution in [1.29, 1.82) is 0 Å². The van der Waals surface area contributed by atoms with Crippen LogP contribution in [-0.2, 0) is 11.3 Å². The summed E-state index contributed by atoms with van der Waals surface area (Å²) in [5.41, 5.74) is 2.42. The molecule has 0 radical (unpaired) electrons. The van der Waals surface area contributed by atoms with Crippen LogP contribution in [0.5, 0.6) is 0 Å². The second-order valence-electron chi connectivity index (χ2n) is 7.08. The minimum absolute atomic E-state index is 0.0148. The highest BCUT2D eigenvalue weighted by atomic mass is 16.2. The van der Waals surface area contributed by atoms with Gasteiger partial charge in [-0.3, -0.25) is 14.5 Å². The highest BCUT2D eigenvalue weighted by Gasteiger charge is 2.15. The third-order valence-electron chi connectivity index (χ3n) is 4.38. The van der Waals surface area contributed by atoms with E-state index in [2.05, 4.69) is 19.2 Å². The summed E-state index contributed by atoms with van der Waals surface area (Å²) in [6.45, 7) is 6.61. The highest BCUT2D eigenvalue weighted by Crippen LogP contribution is 2.14. The van der Waals surface area contributed by atoms with Gasteiger partial charge in [0, 0.05) is 30.9 Å². The van der Waals surface area contributed by atoms with E-state index in [1.165, 1.54) is 0 Å². The lowest BCUT2D eigenvalue weighted by Gasteiger charge is -2.22. The van der Waals surface area contributed by atoms with Crippen molar-refractivity contribution in [3.8, 4) is 0 Å². The summed E-state index contributed by atoms with van der Waals surface area (Å²) in [6.07, 6.45) is 1.85. The van der Waals surface area contributed by atoms with Gasteiger partial charge in [0.2, 0.25) is 5.91 Å².